The van der Waals surface area contributed by atoms with Crippen LogP contribution in [0.5, 0.6) is 0 Å². The highest BCUT2D eigenvalue weighted by Crippen LogP contribution is 2.57. The molecule has 1 unspecified atom stereocenters. The zero-order chi connectivity index (χ0) is 29.9. The van der Waals surface area contributed by atoms with Gasteiger partial charge in [-0.25, -0.2) is 12.7 Å². The number of benzene rings is 2. The monoisotopic (exact) mass is 618 g/mol. The SMILES string of the molecule is C=C(C)[C@H]1N(C(C(N)=O)C2CCN(S(C)(=O)=O)CC2)C(=O)C[C@@H](c2cccc(Cl)c2)[C@]12C(=O)Nc1cc(Cl)ccc12. The molecule has 1 spiro atoms. The molecule has 0 radical (unpaired) electrons. The van der Waals surface area contributed by atoms with Crippen molar-refractivity contribution in [1.82, 2.24) is 9.21 Å². The molecule has 3 aliphatic rings. The first kappa shape index (κ1) is 29.6. The summed E-state index contributed by atoms with van der Waals surface area (Å²) in [5.74, 6) is -2.47. The Labute approximate surface area is 249 Å². The number of sulfonamides is 1. The molecular formula is C29H32Cl2N4O5S. The molecule has 9 nitrogen and oxygen atoms in total. The summed E-state index contributed by atoms with van der Waals surface area (Å²) in [5, 5.41) is 3.87. The summed E-state index contributed by atoms with van der Waals surface area (Å²) in [4.78, 5) is 43.2. The van der Waals surface area contributed by atoms with Crippen LogP contribution < -0.4 is 11.1 Å². The van der Waals surface area contributed by atoms with Gasteiger partial charge in [0.2, 0.25) is 27.7 Å². The third-order valence-electron chi connectivity index (χ3n) is 8.70. The summed E-state index contributed by atoms with van der Waals surface area (Å²) in [5.41, 5.74) is 7.01. The van der Waals surface area contributed by atoms with E-state index in [1.54, 1.807) is 43.3 Å². The number of hydrogen-bond acceptors (Lipinski definition) is 5. The van der Waals surface area contributed by atoms with E-state index in [0.29, 0.717) is 45.3 Å². The van der Waals surface area contributed by atoms with Gasteiger partial charge >= 0.3 is 0 Å². The maximum Gasteiger partial charge on any atom is 0.240 e. The zero-order valence-corrected chi connectivity index (χ0v) is 25.1. The Morgan fingerprint density at radius 3 is 2.37 bits per heavy atom. The second-order valence-corrected chi connectivity index (χ2v) is 14.1. The molecule has 0 aliphatic carbocycles. The number of anilines is 1. The number of likely N-dealkylation sites (tertiary alicyclic amines) is 1. The molecule has 12 heteroatoms. The molecule has 0 bridgehead atoms. The predicted octanol–water partition coefficient (Wildman–Crippen LogP) is 3.67. The van der Waals surface area contributed by atoms with Gasteiger partial charge in [-0.1, -0.05) is 53.6 Å². The molecule has 2 aromatic rings. The number of fused-ring (bicyclic) bond motifs is 2. The highest BCUT2D eigenvalue weighted by molar-refractivity contribution is 7.88. The molecule has 5 rings (SSSR count). The van der Waals surface area contributed by atoms with Gasteiger partial charge in [0.15, 0.2) is 0 Å². The Bertz CT molecular complexity index is 1560. The lowest BCUT2D eigenvalue weighted by Crippen LogP contribution is -2.69. The van der Waals surface area contributed by atoms with Crippen molar-refractivity contribution in [1.29, 1.82) is 0 Å². The second kappa shape index (κ2) is 10.7. The van der Waals surface area contributed by atoms with Crippen LogP contribution in [0.2, 0.25) is 10.0 Å². The van der Waals surface area contributed by atoms with E-state index in [9.17, 15) is 22.8 Å². The van der Waals surface area contributed by atoms with E-state index in [4.69, 9.17) is 28.9 Å². The number of primary amides is 1. The first-order valence-electron chi connectivity index (χ1n) is 13.3. The summed E-state index contributed by atoms with van der Waals surface area (Å²) >= 11 is 12.7. The van der Waals surface area contributed by atoms with E-state index in [1.807, 2.05) is 6.07 Å². The van der Waals surface area contributed by atoms with E-state index in [0.717, 1.165) is 6.26 Å². The summed E-state index contributed by atoms with van der Waals surface area (Å²) in [6.45, 7) is 6.35. The number of amides is 3. The summed E-state index contributed by atoms with van der Waals surface area (Å²) < 4.78 is 25.6. The molecule has 0 saturated carbocycles. The minimum Gasteiger partial charge on any atom is -0.368 e. The van der Waals surface area contributed by atoms with E-state index < -0.39 is 45.3 Å². The molecule has 3 N–H and O–H groups in total. The summed E-state index contributed by atoms with van der Waals surface area (Å²) in [6.07, 6.45) is 1.71. The van der Waals surface area contributed by atoms with Crippen LogP contribution >= 0.6 is 23.2 Å². The maximum atomic E-state index is 14.3. The molecule has 2 aromatic carbocycles. The van der Waals surface area contributed by atoms with Crippen LogP contribution in [0, 0.1) is 5.92 Å². The van der Waals surface area contributed by atoms with Gasteiger partial charge in [0.05, 0.1) is 12.3 Å². The van der Waals surface area contributed by atoms with Crippen LogP contribution in [0.1, 0.15) is 43.2 Å². The largest absolute Gasteiger partial charge is 0.368 e. The van der Waals surface area contributed by atoms with Gasteiger partial charge in [0.25, 0.3) is 0 Å². The Kier molecular flexibility index (Phi) is 7.74. The Balaban J connectivity index is 1.69. The fraction of sp³-hybridized carbons (Fsp3) is 0.414. The van der Waals surface area contributed by atoms with E-state index in [1.165, 1.54) is 9.21 Å². The van der Waals surface area contributed by atoms with Gasteiger partial charge in [-0.3, -0.25) is 14.4 Å². The number of nitrogens with zero attached hydrogens (tertiary/aromatic N) is 2. The topological polar surface area (TPSA) is 130 Å². The Morgan fingerprint density at radius 1 is 1.12 bits per heavy atom. The number of rotatable bonds is 6. The highest BCUT2D eigenvalue weighted by Gasteiger charge is 2.64. The van der Waals surface area contributed by atoms with E-state index in [-0.39, 0.29) is 31.3 Å². The van der Waals surface area contributed by atoms with Crippen molar-refractivity contribution < 1.29 is 22.8 Å². The molecule has 2 saturated heterocycles. The van der Waals surface area contributed by atoms with Crippen molar-refractivity contribution in [2.24, 2.45) is 11.7 Å². The van der Waals surface area contributed by atoms with E-state index in [2.05, 4.69) is 11.9 Å². The number of nitrogens with one attached hydrogen (secondary N) is 1. The second-order valence-electron chi connectivity index (χ2n) is 11.2. The minimum atomic E-state index is -3.41. The molecule has 4 atom stereocenters. The van der Waals surface area contributed by atoms with Crippen molar-refractivity contribution in [3.8, 4) is 0 Å². The van der Waals surface area contributed by atoms with Crippen molar-refractivity contribution in [3.05, 3.63) is 75.8 Å². The van der Waals surface area contributed by atoms with E-state index >= 15 is 0 Å². The van der Waals surface area contributed by atoms with Crippen molar-refractivity contribution >= 4 is 56.6 Å². The van der Waals surface area contributed by atoms with Crippen LogP contribution in [-0.2, 0) is 29.8 Å². The smallest absolute Gasteiger partial charge is 0.240 e. The average molecular weight is 620 g/mol. The lowest BCUT2D eigenvalue weighted by Gasteiger charge is -2.54. The minimum absolute atomic E-state index is 0.0917. The standard InChI is InChI=1S/C29H32Cl2N4O5S/c1-16(2)26-29(21-8-7-20(31)14-23(21)33-28(29)38)22(18-5-4-6-19(30)13-18)15-24(36)35(26)25(27(32)37)17-9-11-34(12-10-17)41(3,39)40/h4-8,13-14,17,22,25-26H,1,9-12,15H2,2-3H3,(H2,32,37)(H,33,38)/t22-,25?,26+,29-/m0/s1. The third-order valence-corrected chi connectivity index (χ3v) is 10.5. The molecule has 3 aliphatic heterocycles. The Hall–Kier alpha value is -2.92. The van der Waals surface area contributed by atoms with Crippen LogP contribution in [0.3, 0.4) is 0 Å². The molecule has 3 heterocycles. The fourth-order valence-corrected chi connectivity index (χ4v) is 8.35. The first-order chi connectivity index (χ1) is 19.3. The van der Waals surface area contributed by atoms with Gasteiger partial charge in [0.1, 0.15) is 11.5 Å². The number of hydrogen-bond donors (Lipinski definition) is 2. The van der Waals surface area contributed by atoms with Crippen LogP contribution in [0.25, 0.3) is 0 Å². The normalized spacial score (nSPS) is 26.1. The lowest BCUT2D eigenvalue weighted by molar-refractivity contribution is -0.153. The summed E-state index contributed by atoms with van der Waals surface area (Å²) in [6, 6.07) is 10.2. The number of carbonyl (C=O) groups is 3. The summed E-state index contributed by atoms with van der Waals surface area (Å²) in [7, 11) is -3.41. The van der Waals surface area contributed by atoms with Gasteiger partial charge in [-0.15, -0.1) is 0 Å². The molecular weight excluding hydrogens is 587 g/mol. The maximum absolute atomic E-state index is 14.3. The highest BCUT2D eigenvalue weighted by atomic mass is 35.5. The van der Waals surface area contributed by atoms with Crippen molar-refractivity contribution in [2.45, 2.75) is 49.6 Å². The van der Waals surface area contributed by atoms with Crippen LogP contribution in [0.15, 0.2) is 54.6 Å². The van der Waals surface area contributed by atoms with Crippen molar-refractivity contribution in [2.75, 3.05) is 24.7 Å². The first-order valence-corrected chi connectivity index (χ1v) is 15.9. The van der Waals surface area contributed by atoms with Gasteiger partial charge in [0, 0.05) is 41.2 Å². The Morgan fingerprint density at radius 2 is 1.78 bits per heavy atom. The van der Waals surface area contributed by atoms with Crippen LogP contribution in [0.4, 0.5) is 5.69 Å². The number of nitrogens with two attached hydrogens (primary N) is 1. The zero-order valence-electron chi connectivity index (χ0n) is 22.8. The molecule has 218 valence electrons. The molecule has 2 fully saturated rings. The fourth-order valence-electron chi connectivity index (χ4n) is 7.11. The van der Waals surface area contributed by atoms with Gasteiger partial charge in [-0.2, -0.15) is 0 Å². The van der Waals surface area contributed by atoms with Crippen LogP contribution in [-0.4, -0.2) is 66.8 Å². The number of piperidine rings is 2. The van der Waals surface area contributed by atoms with Crippen molar-refractivity contribution in [3.63, 3.8) is 0 Å². The predicted molar refractivity (Wildman–Crippen MR) is 158 cm³/mol. The average Bonchev–Trinajstić information content (AvgIpc) is 3.16. The molecule has 41 heavy (non-hydrogen) atoms. The lowest BCUT2D eigenvalue weighted by atomic mass is 9.58. The quantitative estimate of drug-likeness (QED) is 0.477. The number of halogens is 2. The van der Waals surface area contributed by atoms with Gasteiger partial charge in [-0.05, 0) is 61.1 Å². The number of carbonyl (C=O) groups excluding carboxylic acids is 3. The third kappa shape index (κ3) is 4.94. The molecule has 0 aromatic heterocycles. The molecule has 3 amide bonds. The van der Waals surface area contributed by atoms with Gasteiger partial charge < -0.3 is 16.0 Å².